The van der Waals surface area contributed by atoms with Crippen molar-refractivity contribution in [3.8, 4) is 0 Å². The summed E-state index contributed by atoms with van der Waals surface area (Å²) in [6.45, 7) is 9.37. The van der Waals surface area contributed by atoms with Gasteiger partial charge in [0.05, 0.1) is 0 Å². The Morgan fingerprint density at radius 2 is 2.19 bits per heavy atom. The number of aromatic nitrogens is 2. The van der Waals surface area contributed by atoms with E-state index in [2.05, 4.69) is 55.0 Å². The lowest BCUT2D eigenvalue weighted by atomic mass is 10.2. The van der Waals surface area contributed by atoms with Crippen LogP contribution in [0.15, 0.2) is 6.20 Å². The van der Waals surface area contributed by atoms with Crippen LogP contribution < -0.4 is 10.2 Å². The maximum absolute atomic E-state index is 4.75. The van der Waals surface area contributed by atoms with Gasteiger partial charge in [0.2, 0.25) is 5.95 Å². The molecule has 0 saturated carbocycles. The van der Waals surface area contributed by atoms with Crippen LogP contribution >= 0.6 is 0 Å². The third-order valence-corrected chi connectivity index (χ3v) is 3.98. The van der Waals surface area contributed by atoms with Gasteiger partial charge in [-0.2, -0.15) is 0 Å². The number of hydrogen-bond donors (Lipinski definition) is 1. The summed E-state index contributed by atoms with van der Waals surface area (Å²) < 4.78 is 0. The Morgan fingerprint density at radius 1 is 1.43 bits per heavy atom. The molecular formula is C16H29N5. The molecule has 1 aromatic heterocycles. The smallest absolute Gasteiger partial charge is 0.225 e. The third-order valence-electron chi connectivity index (χ3n) is 3.98. The first kappa shape index (κ1) is 16.2. The minimum Gasteiger partial charge on any atom is -0.337 e. The van der Waals surface area contributed by atoms with Crippen molar-refractivity contribution in [2.24, 2.45) is 0 Å². The molecule has 0 aliphatic carbocycles. The molecule has 118 valence electrons. The minimum atomic E-state index is 0.479. The Labute approximate surface area is 128 Å². The molecule has 1 N–H and O–H groups in total. The van der Waals surface area contributed by atoms with E-state index in [0.717, 1.165) is 31.3 Å². The molecule has 1 unspecified atom stereocenters. The molecule has 2 rings (SSSR count). The van der Waals surface area contributed by atoms with Crippen LogP contribution in [0, 0.1) is 6.92 Å². The summed E-state index contributed by atoms with van der Waals surface area (Å²) in [5.41, 5.74) is 2.28. The van der Waals surface area contributed by atoms with E-state index in [1.807, 2.05) is 6.20 Å². The first-order valence-electron chi connectivity index (χ1n) is 7.94. The predicted molar refractivity (Wildman–Crippen MR) is 87.7 cm³/mol. The van der Waals surface area contributed by atoms with Gasteiger partial charge in [-0.15, -0.1) is 0 Å². The van der Waals surface area contributed by atoms with Crippen LogP contribution in [0.1, 0.15) is 37.9 Å². The fourth-order valence-electron chi connectivity index (χ4n) is 2.82. The predicted octanol–water partition coefficient (Wildman–Crippen LogP) is 1.81. The molecule has 0 radical (unpaired) electrons. The minimum absolute atomic E-state index is 0.479. The zero-order valence-corrected chi connectivity index (χ0v) is 14.1. The van der Waals surface area contributed by atoms with Gasteiger partial charge >= 0.3 is 0 Å². The van der Waals surface area contributed by atoms with Crippen LogP contribution in [0.4, 0.5) is 5.95 Å². The van der Waals surface area contributed by atoms with Gasteiger partial charge in [-0.05, 0) is 33.9 Å². The molecule has 0 aromatic carbocycles. The molecule has 1 atom stereocenters. The number of nitrogens with zero attached hydrogens (tertiary/aromatic N) is 4. The maximum atomic E-state index is 4.75. The monoisotopic (exact) mass is 291 g/mol. The second kappa shape index (κ2) is 7.18. The molecule has 1 fully saturated rings. The highest BCUT2D eigenvalue weighted by molar-refractivity contribution is 5.36. The zero-order chi connectivity index (χ0) is 15.4. The van der Waals surface area contributed by atoms with Crippen molar-refractivity contribution in [1.82, 2.24) is 20.2 Å². The number of rotatable bonds is 6. The highest BCUT2D eigenvalue weighted by Gasteiger charge is 2.27. The van der Waals surface area contributed by atoms with Crippen molar-refractivity contribution >= 4 is 5.95 Å². The highest BCUT2D eigenvalue weighted by Crippen LogP contribution is 2.23. The first-order valence-corrected chi connectivity index (χ1v) is 7.94. The van der Waals surface area contributed by atoms with Crippen molar-refractivity contribution in [3.63, 3.8) is 0 Å². The molecule has 5 nitrogen and oxygen atoms in total. The van der Waals surface area contributed by atoms with Gasteiger partial charge < -0.3 is 15.1 Å². The van der Waals surface area contributed by atoms with Gasteiger partial charge in [0.1, 0.15) is 0 Å². The molecule has 1 aliphatic rings. The lowest BCUT2D eigenvalue weighted by molar-refractivity contribution is 0.371. The summed E-state index contributed by atoms with van der Waals surface area (Å²) in [7, 11) is 4.26. The number of nitrogens with one attached hydrogen (secondary N) is 1. The van der Waals surface area contributed by atoms with Crippen LogP contribution in [-0.4, -0.2) is 54.1 Å². The lowest BCUT2D eigenvalue weighted by Gasteiger charge is -2.27. The van der Waals surface area contributed by atoms with E-state index in [9.17, 15) is 0 Å². The van der Waals surface area contributed by atoms with Crippen molar-refractivity contribution in [1.29, 1.82) is 0 Å². The molecule has 1 aromatic rings. The second-order valence-electron chi connectivity index (χ2n) is 6.57. The summed E-state index contributed by atoms with van der Waals surface area (Å²) in [4.78, 5) is 14.0. The van der Waals surface area contributed by atoms with Gasteiger partial charge in [0.15, 0.2) is 0 Å². The Bertz CT molecular complexity index is 458. The molecule has 0 spiro atoms. The van der Waals surface area contributed by atoms with Crippen molar-refractivity contribution in [3.05, 3.63) is 17.5 Å². The Kier molecular flexibility index (Phi) is 5.53. The molecule has 0 amide bonds. The van der Waals surface area contributed by atoms with E-state index in [0.29, 0.717) is 12.1 Å². The van der Waals surface area contributed by atoms with Crippen molar-refractivity contribution < 1.29 is 0 Å². The normalized spacial score (nSPS) is 19.0. The fraction of sp³-hybridized carbons (Fsp3) is 0.750. The van der Waals surface area contributed by atoms with E-state index in [1.165, 1.54) is 18.4 Å². The quantitative estimate of drug-likeness (QED) is 0.866. The van der Waals surface area contributed by atoms with E-state index in [-0.39, 0.29) is 0 Å². The Balaban J connectivity index is 2.08. The standard InChI is InChI=1S/C16H29N5/c1-12(2)17-9-14-10-18-16(19-13(14)3)21-8-6-7-15(21)11-20(4)5/h10,12,15,17H,6-9,11H2,1-5H3. The summed E-state index contributed by atoms with van der Waals surface area (Å²) >= 11 is 0. The topological polar surface area (TPSA) is 44.3 Å². The average molecular weight is 291 g/mol. The van der Waals surface area contributed by atoms with Crippen LogP contribution in [-0.2, 0) is 6.54 Å². The Morgan fingerprint density at radius 3 is 2.81 bits per heavy atom. The van der Waals surface area contributed by atoms with Gasteiger partial charge in [0, 0.05) is 49.2 Å². The molecule has 1 aliphatic heterocycles. The van der Waals surface area contributed by atoms with Crippen LogP contribution in [0.3, 0.4) is 0 Å². The van der Waals surface area contributed by atoms with Gasteiger partial charge in [-0.25, -0.2) is 9.97 Å². The van der Waals surface area contributed by atoms with Crippen molar-refractivity contribution in [2.75, 3.05) is 32.1 Å². The van der Waals surface area contributed by atoms with E-state index >= 15 is 0 Å². The van der Waals surface area contributed by atoms with Crippen LogP contribution in [0.25, 0.3) is 0 Å². The molecule has 2 heterocycles. The highest BCUT2D eigenvalue weighted by atomic mass is 15.3. The zero-order valence-electron chi connectivity index (χ0n) is 14.1. The van der Waals surface area contributed by atoms with E-state index in [1.54, 1.807) is 0 Å². The summed E-state index contributed by atoms with van der Waals surface area (Å²) in [5, 5.41) is 3.43. The number of hydrogen-bond acceptors (Lipinski definition) is 5. The second-order valence-corrected chi connectivity index (χ2v) is 6.57. The number of likely N-dealkylation sites (N-methyl/N-ethyl adjacent to an activating group) is 1. The van der Waals surface area contributed by atoms with Crippen LogP contribution in [0.5, 0.6) is 0 Å². The number of aryl methyl sites for hydroxylation is 1. The molecule has 21 heavy (non-hydrogen) atoms. The Hall–Kier alpha value is -1.20. The van der Waals surface area contributed by atoms with E-state index in [4.69, 9.17) is 4.98 Å². The SMILES string of the molecule is Cc1nc(N2CCCC2CN(C)C)ncc1CNC(C)C. The molecular weight excluding hydrogens is 262 g/mol. The summed E-state index contributed by atoms with van der Waals surface area (Å²) in [6.07, 6.45) is 4.45. The van der Waals surface area contributed by atoms with Gasteiger partial charge in [-0.3, -0.25) is 0 Å². The molecule has 0 bridgehead atoms. The van der Waals surface area contributed by atoms with Gasteiger partial charge in [0.25, 0.3) is 0 Å². The molecule has 1 saturated heterocycles. The van der Waals surface area contributed by atoms with Crippen LogP contribution in [0.2, 0.25) is 0 Å². The maximum Gasteiger partial charge on any atom is 0.225 e. The summed E-state index contributed by atoms with van der Waals surface area (Å²) in [6, 6.07) is 1.02. The van der Waals surface area contributed by atoms with E-state index < -0.39 is 0 Å². The summed E-state index contributed by atoms with van der Waals surface area (Å²) in [5.74, 6) is 0.894. The lowest BCUT2D eigenvalue weighted by Crippen LogP contribution is -2.38. The third kappa shape index (κ3) is 4.38. The molecule has 5 heteroatoms. The number of anilines is 1. The average Bonchev–Trinajstić information content (AvgIpc) is 2.84. The van der Waals surface area contributed by atoms with Gasteiger partial charge in [-0.1, -0.05) is 13.8 Å². The first-order chi connectivity index (χ1) is 9.97. The largest absolute Gasteiger partial charge is 0.337 e. The fourth-order valence-corrected chi connectivity index (χ4v) is 2.82. The van der Waals surface area contributed by atoms with Crippen molar-refractivity contribution in [2.45, 2.75) is 52.2 Å².